The summed E-state index contributed by atoms with van der Waals surface area (Å²) in [5, 5.41) is 3.52. The van der Waals surface area contributed by atoms with Crippen molar-refractivity contribution in [3.63, 3.8) is 0 Å². The van der Waals surface area contributed by atoms with Crippen LogP contribution >= 0.6 is 0 Å². The molecule has 0 aromatic heterocycles. The van der Waals surface area contributed by atoms with Crippen molar-refractivity contribution >= 4 is 0 Å². The highest BCUT2D eigenvalue weighted by Gasteiger charge is 2.51. The first-order chi connectivity index (χ1) is 4.45. The highest BCUT2D eigenvalue weighted by atomic mass is 15.3. The minimum absolute atomic E-state index is 0.910. The minimum atomic E-state index is 0.910. The number of hydrogen-bond donors (Lipinski definition) is 1. The van der Waals surface area contributed by atoms with E-state index in [4.69, 9.17) is 0 Å². The second-order valence-electron chi connectivity index (χ2n) is 3.48. The van der Waals surface area contributed by atoms with Crippen LogP contribution in [0.2, 0.25) is 0 Å². The van der Waals surface area contributed by atoms with Crippen molar-refractivity contribution in [2.75, 3.05) is 13.1 Å². The van der Waals surface area contributed by atoms with E-state index in [2.05, 4.69) is 10.2 Å². The summed E-state index contributed by atoms with van der Waals surface area (Å²) >= 11 is 0. The molecule has 2 nitrogen and oxygen atoms in total. The normalized spacial score (nSPS) is 55.3. The molecule has 3 rings (SSSR count). The molecule has 3 aliphatic rings. The van der Waals surface area contributed by atoms with Gasteiger partial charge in [-0.25, -0.2) is 0 Å². The molecule has 0 unspecified atom stereocenters. The zero-order valence-corrected chi connectivity index (χ0v) is 5.51. The third kappa shape index (κ3) is 0.485. The van der Waals surface area contributed by atoms with Crippen molar-refractivity contribution in [3.05, 3.63) is 0 Å². The average molecular weight is 124 g/mol. The number of nitrogens with zero attached hydrogens (tertiary/aromatic N) is 1. The molecular formula is C7H12N2. The van der Waals surface area contributed by atoms with Crippen LogP contribution in [0.15, 0.2) is 0 Å². The van der Waals surface area contributed by atoms with Crippen LogP contribution in [0.1, 0.15) is 12.8 Å². The van der Waals surface area contributed by atoms with Crippen molar-refractivity contribution in [2.45, 2.75) is 31.0 Å². The molecule has 9 heavy (non-hydrogen) atoms. The van der Waals surface area contributed by atoms with Gasteiger partial charge in [0.2, 0.25) is 0 Å². The standard InChI is InChI=1S/C7H12N2/c1-3-9-4-2-6(9)7-5(1)8-7/h5-8H,1-4H2/t5-,6-,7-/m1/s1. The van der Waals surface area contributed by atoms with Crippen molar-refractivity contribution in [2.24, 2.45) is 0 Å². The zero-order chi connectivity index (χ0) is 5.84. The summed E-state index contributed by atoms with van der Waals surface area (Å²) in [6, 6.07) is 2.78. The Kier molecular flexibility index (Phi) is 0.691. The Morgan fingerprint density at radius 3 is 2.78 bits per heavy atom. The van der Waals surface area contributed by atoms with E-state index in [1.54, 1.807) is 0 Å². The lowest BCUT2D eigenvalue weighted by Gasteiger charge is -2.43. The van der Waals surface area contributed by atoms with E-state index in [0.717, 1.165) is 18.1 Å². The van der Waals surface area contributed by atoms with Crippen molar-refractivity contribution in [1.29, 1.82) is 0 Å². The van der Waals surface area contributed by atoms with Gasteiger partial charge in [-0.05, 0) is 12.8 Å². The molecule has 3 fully saturated rings. The minimum Gasteiger partial charge on any atom is -0.307 e. The van der Waals surface area contributed by atoms with E-state index in [1.807, 2.05) is 0 Å². The van der Waals surface area contributed by atoms with Gasteiger partial charge in [0.1, 0.15) is 0 Å². The van der Waals surface area contributed by atoms with Gasteiger partial charge in [0, 0.05) is 31.2 Å². The van der Waals surface area contributed by atoms with Gasteiger partial charge in [0.25, 0.3) is 0 Å². The second-order valence-corrected chi connectivity index (χ2v) is 3.48. The van der Waals surface area contributed by atoms with Crippen LogP contribution in [0.5, 0.6) is 0 Å². The summed E-state index contributed by atoms with van der Waals surface area (Å²) in [7, 11) is 0. The Hall–Kier alpha value is -0.0800. The summed E-state index contributed by atoms with van der Waals surface area (Å²) in [6.07, 6.45) is 2.86. The molecule has 3 saturated heterocycles. The second kappa shape index (κ2) is 1.32. The fraction of sp³-hybridized carbons (Fsp3) is 1.00. The Bertz CT molecular complexity index is 144. The smallest absolute Gasteiger partial charge is 0.0381 e. The van der Waals surface area contributed by atoms with E-state index >= 15 is 0 Å². The molecule has 1 N–H and O–H groups in total. The quantitative estimate of drug-likeness (QED) is 0.453. The number of piperidine rings is 1. The van der Waals surface area contributed by atoms with Gasteiger partial charge >= 0.3 is 0 Å². The van der Waals surface area contributed by atoms with Crippen LogP contribution in [-0.4, -0.2) is 36.1 Å². The molecule has 50 valence electrons. The van der Waals surface area contributed by atoms with Crippen LogP contribution in [0.3, 0.4) is 0 Å². The summed E-state index contributed by atoms with van der Waals surface area (Å²) in [5.74, 6) is 0. The third-order valence-electron chi connectivity index (χ3n) is 3.05. The topological polar surface area (TPSA) is 25.2 Å². The number of nitrogens with one attached hydrogen (secondary N) is 1. The summed E-state index contributed by atoms with van der Waals surface area (Å²) in [4.78, 5) is 2.61. The predicted octanol–water partition coefficient (Wildman–Crippen LogP) is -0.195. The lowest BCUT2D eigenvalue weighted by atomic mass is 9.92. The number of fused-ring (bicyclic) bond motifs is 3. The Morgan fingerprint density at radius 2 is 2.11 bits per heavy atom. The maximum Gasteiger partial charge on any atom is 0.0381 e. The van der Waals surface area contributed by atoms with E-state index in [-0.39, 0.29) is 0 Å². The van der Waals surface area contributed by atoms with Crippen molar-refractivity contribution < 1.29 is 0 Å². The molecule has 0 aliphatic carbocycles. The van der Waals surface area contributed by atoms with Crippen LogP contribution in [-0.2, 0) is 0 Å². The van der Waals surface area contributed by atoms with Crippen LogP contribution in [0, 0.1) is 0 Å². The third-order valence-corrected chi connectivity index (χ3v) is 3.05. The highest BCUT2D eigenvalue weighted by Crippen LogP contribution is 2.35. The molecule has 0 radical (unpaired) electrons. The number of hydrogen-bond acceptors (Lipinski definition) is 2. The first kappa shape index (κ1) is 4.69. The maximum atomic E-state index is 3.52. The molecule has 0 bridgehead atoms. The largest absolute Gasteiger partial charge is 0.307 e. The van der Waals surface area contributed by atoms with Crippen molar-refractivity contribution in [1.82, 2.24) is 10.2 Å². The fourth-order valence-electron chi connectivity index (χ4n) is 2.28. The average Bonchev–Trinajstić information content (AvgIpc) is 2.43. The zero-order valence-electron chi connectivity index (χ0n) is 5.51. The Balaban J connectivity index is 1.82. The molecule has 0 saturated carbocycles. The van der Waals surface area contributed by atoms with Gasteiger partial charge < -0.3 is 5.32 Å². The summed E-state index contributed by atoms with van der Waals surface area (Å²) < 4.78 is 0. The SMILES string of the molecule is C1CN2CC[C@H]3N[C@H]3[C@@H]12. The van der Waals surface area contributed by atoms with Gasteiger partial charge in [-0.3, -0.25) is 4.90 Å². The van der Waals surface area contributed by atoms with E-state index in [9.17, 15) is 0 Å². The molecule has 0 aromatic rings. The molecule has 3 heterocycles. The molecule has 0 aromatic carbocycles. The Morgan fingerprint density at radius 1 is 1.22 bits per heavy atom. The fourth-order valence-corrected chi connectivity index (χ4v) is 2.28. The molecule has 3 aliphatic heterocycles. The van der Waals surface area contributed by atoms with Crippen LogP contribution in [0.4, 0.5) is 0 Å². The molecule has 2 heteroatoms. The maximum absolute atomic E-state index is 3.52. The predicted molar refractivity (Wildman–Crippen MR) is 35.3 cm³/mol. The van der Waals surface area contributed by atoms with Gasteiger partial charge in [-0.15, -0.1) is 0 Å². The summed E-state index contributed by atoms with van der Waals surface area (Å²) in [6.45, 7) is 2.73. The molecule has 3 atom stereocenters. The van der Waals surface area contributed by atoms with E-state index in [1.165, 1.54) is 25.9 Å². The van der Waals surface area contributed by atoms with Crippen LogP contribution < -0.4 is 5.32 Å². The monoisotopic (exact) mass is 124 g/mol. The summed E-state index contributed by atoms with van der Waals surface area (Å²) in [5.41, 5.74) is 0. The van der Waals surface area contributed by atoms with Gasteiger partial charge in [0.05, 0.1) is 0 Å². The first-order valence-corrected chi connectivity index (χ1v) is 3.95. The van der Waals surface area contributed by atoms with E-state index < -0.39 is 0 Å². The lowest BCUT2D eigenvalue weighted by Crippen LogP contribution is -2.54. The number of rotatable bonds is 0. The van der Waals surface area contributed by atoms with Crippen molar-refractivity contribution in [3.8, 4) is 0 Å². The van der Waals surface area contributed by atoms with Gasteiger partial charge in [0.15, 0.2) is 0 Å². The molecular weight excluding hydrogens is 112 g/mol. The lowest BCUT2D eigenvalue weighted by molar-refractivity contribution is 0.0711. The Labute approximate surface area is 55.2 Å². The van der Waals surface area contributed by atoms with E-state index in [0.29, 0.717) is 0 Å². The molecule has 0 amide bonds. The van der Waals surface area contributed by atoms with Crippen LogP contribution in [0.25, 0.3) is 0 Å². The van der Waals surface area contributed by atoms with Gasteiger partial charge in [-0.1, -0.05) is 0 Å². The molecule has 0 spiro atoms. The first-order valence-electron chi connectivity index (χ1n) is 3.95. The highest BCUT2D eigenvalue weighted by molar-refractivity contribution is 5.12. The van der Waals surface area contributed by atoms with Gasteiger partial charge in [-0.2, -0.15) is 0 Å².